The predicted octanol–water partition coefficient (Wildman–Crippen LogP) is -0.918. The number of rotatable bonds is 10. The van der Waals surface area contributed by atoms with Crippen LogP contribution in [0.4, 0.5) is 0 Å². The van der Waals surface area contributed by atoms with Gasteiger partial charge in [-0.3, -0.25) is 18.8 Å². The van der Waals surface area contributed by atoms with Gasteiger partial charge in [0.1, 0.15) is 24.9 Å². The molecule has 0 aliphatic rings. The van der Waals surface area contributed by atoms with Crippen molar-refractivity contribution < 1.29 is 33.6 Å². The molecule has 3 rings (SSSR count). The van der Waals surface area contributed by atoms with Crippen LogP contribution in [0.2, 0.25) is 0 Å². The van der Waals surface area contributed by atoms with Crippen LogP contribution >= 0.6 is 0 Å². The fraction of sp³-hybridized carbons (Fsp3) is 0.190. The third-order valence-electron chi connectivity index (χ3n) is 4.56. The molecule has 12 heteroatoms. The average Bonchev–Trinajstić information content (AvgIpc) is 2.80. The number of quaternary nitrogens is 1. The first kappa shape index (κ1) is 23.9. The molecule has 3 aromatic rings. The van der Waals surface area contributed by atoms with E-state index in [2.05, 4.69) is 15.8 Å². The molecule has 2 heterocycles. The van der Waals surface area contributed by atoms with Crippen LogP contribution in [0.5, 0.6) is 5.75 Å². The molecule has 11 nitrogen and oxygen atoms in total. The number of carbonyl (C=O) groups is 2. The molecule has 0 aliphatic heterocycles. The number of pyridine rings is 2. The highest BCUT2D eigenvalue weighted by Gasteiger charge is 2.26. The molecule has 1 atom stereocenters. The van der Waals surface area contributed by atoms with Gasteiger partial charge in [0.2, 0.25) is 10.0 Å². The summed E-state index contributed by atoms with van der Waals surface area (Å²) in [6, 6.07) is 11.4. The lowest BCUT2D eigenvalue weighted by Crippen LogP contribution is -2.52. The predicted molar refractivity (Wildman–Crippen MR) is 117 cm³/mol. The Morgan fingerprint density at radius 2 is 1.85 bits per heavy atom. The standard InChI is InChI=1S/C21H22N4O7S/c22-8-9-32-16-7-6-15-10-14(11-19(26)25(15)13-16)20(27)23-12-18(21(28)29)24-33(30,31)17-4-2-1-3-5-17/h1-7,10-11,13,18,24H,8-9,12,22H2,(H,23,27)(H,28,29)/p+1. The molecule has 1 unspecified atom stereocenters. The largest absolute Gasteiger partial charge is 0.486 e. The van der Waals surface area contributed by atoms with E-state index in [4.69, 9.17) is 4.74 Å². The molecule has 0 bridgehead atoms. The number of carboxylic acids is 1. The molecule has 33 heavy (non-hydrogen) atoms. The first-order valence-corrected chi connectivity index (χ1v) is 11.4. The summed E-state index contributed by atoms with van der Waals surface area (Å²) < 4.78 is 33.6. The van der Waals surface area contributed by atoms with Crippen LogP contribution in [0.1, 0.15) is 10.4 Å². The fourth-order valence-electron chi connectivity index (χ4n) is 2.94. The maximum Gasteiger partial charge on any atom is 0.323 e. The maximum absolute atomic E-state index is 12.6. The molecule has 6 N–H and O–H groups in total. The van der Waals surface area contributed by atoms with Gasteiger partial charge in [0.15, 0.2) is 0 Å². The van der Waals surface area contributed by atoms with E-state index in [0.717, 1.165) is 6.07 Å². The molecule has 1 aromatic carbocycles. The van der Waals surface area contributed by atoms with Crippen molar-refractivity contribution in [2.45, 2.75) is 10.9 Å². The van der Waals surface area contributed by atoms with E-state index in [1.54, 1.807) is 18.2 Å². The van der Waals surface area contributed by atoms with Gasteiger partial charge in [-0.2, -0.15) is 4.72 Å². The van der Waals surface area contributed by atoms with Crippen molar-refractivity contribution in [3.05, 3.63) is 76.7 Å². The smallest absolute Gasteiger partial charge is 0.323 e. The number of nitrogens with one attached hydrogen (secondary N) is 2. The number of fused-ring (bicyclic) bond motifs is 1. The Kier molecular flexibility index (Phi) is 7.43. The zero-order valence-electron chi connectivity index (χ0n) is 17.4. The topological polar surface area (TPSA) is 171 Å². The number of aromatic nitrogens is 1. The van der Waals surface area contributed by atoms with Gasteiger partial charge in [0.25, 0.3) is 11.5 Å². The highest BCUT2D eigenvalue weighted by atomic mass is 32.2. The maximum atomic E-state index is 12.6. The molecular formula is C21H23N4O7S+. The minimum atomic E-state index is -4.11. The Morgan fingerprint density at radius 3 is 2.52 bits per heavy atom. The Labute approximate surface area is 188 Å². The van der Waals surface area contributed by atoms with E-state index in [1.807, 2.05) is 0 Å². The molecule has 0 saturated heterocycles. The number of sulfonamides is 1. The normalized spacial score (nSPS) is 12.3. The molecule has 0 aliphatic carbocycles. The Hall–Kier alpha value is -3.74. The second-order valence-electron chi connectivity index (χ2n) is 6.98. The SMILES string of the molecule is [NH3+]CCOc1ccc2cc(C(=O)NCC(NS(=O)(=O)c3ccccc3)C(=O)O)cc(=O)n2c1. The summed E-state index contributed by atoms with van der Waals surface area (Å²) in [5.74, 6) is -1.72. The van der Waals surface area contributed by atoms with Crippen molar-refractivity contribution in [2.24, 2.45) is 0 Å². The van der Waals surface area contributed by atoms with Crippen molar-refractivity contribution >= 4 is 27.4 Å². The van der Waals surface area contributed by atoms with E-state index in [0.29, 0.717) is 24.4 Å². The van der Waals surface area contributed by atoms with Crippen molar-refractivity contribution in [3.63, 3.8) is 0 Å². The van der Waals surface area contributed by atoms with Gasteiger partial charge in [-0.25, -0.2) is 8.42 Å². The first-order chi connectivity index (χ1) is 15.7. The van der Waals surface area contributed by atoms with Gasteiger partial charge in [0.05, 0.1) is 11.1 Å². The lowest BCUT2D eigenvalue weighted by atomic mass is 10.2. The summed E-state index contributed by atoms with van der Waals surface area (Å²) in [5.41, 5.74) is 3.61. The lowest BCUT2D eigenvalue weighted by Gasteiger charge is -2.16. The van der Waals surface area contributed by atoms with Gasteiger partial charge < -0.3 is 20.9 Å². The lowest BCUT2D eigenvalue weighted by molar-refractivity contribution is -0.370. The monoisotopic (exact) mass is 475 g/mol. The fourth-order valence-corrected chi connectivity index (χ4v) is 4.15. The van der Waals surface area contributed by atoms with Crippen molar-refractivity contribution in [3.8, 4) is 5.75 Å². The average molecular weight is 476 g/mol. The molecule has 0 fully saturated rings. The number of aliphatic carboxylic acids is 1. The van der Waals surface area contributed by atoms with Crippen LogP contribution in [0.25, 0.3) is 5.52 Å². The zero-order valence-corrected chi connectivity index (χ0v) is 18.2. The number of hydrogen-bond acceptors (Lipinski definition) is 6. The van der Waals surface area contributed by atoms with Crippen LogP contribution in [-0.4, -0.2) is 55.5 Å². The number of carboxylic acid groups (broad SMARTS) is 1. The molecule has 2 aromatic heterocycles. The minimum Gasteiger partial charge on any atom is -0.486 e. The number of amides is 1. The highest BCUT2D eigenvalue weighted by molar-refractivity contribution is 7.89. The van der Waals surface area contributed by atoms with Crippen molar-refractivity contribution in [2.75, 3.05) is 19.7 Å². The Balaban J connectivity index is 1.74. The summed E-state index contributed by atoms with van der Waals surface area (Å²) in [6.45, 7) is 0.418. The summed E-state index contributed by atoms with van der Waals surface area (Å²) in [6.07, 6.45) is 1.49. The number of nitrogens with zero attached hydrogens (tertiary/aromatic N) is 1. The van der Waals surface area contributed by atoms with E-state index in [-0.39, 0.29) is 10.5 Å². The van der Waals surface area contributed by atoms with Gasteiger partial charge in [-0.15, -0.1) is 0 Å². The number of ether oxygens (including phenoxy) is 1. The van der Waals surface area contributed by atoms with Crippen LogP contribution in [0, 0.1) is 0 Å². The molecule has 0 saturated carbocycles. The molecule has 0 radical (unpaired) electrons. The van der Waals surface area contributed by atoms with Crippen LogP contribution in [0.3, 0.4) is 0 Å². The molecule has 0 spiro atoms. The van der Waals surface area contributed by atoms with Crippen LogP contribution in [-0.2, 0) is 14.8 Å². The van der Waals surface area contributed by atoms with Crippen molar-refractivity contribution in [1.29, 1.82) is 0 Å². The zero-order chi connectivity index (χ0) is 24.0. The molecule has 1 amide bonds. The first-order valence-electron chi connectivity index (χ1n) is 9.88. The summed E-state index contributed by atoms with van der Waals surface area (Å²) >= 11 is 0. The third-order valence-corrected chi connectivity index (χ3v) is 6.05. The number of hydrogen-bond donors (Lipinski definition) is 4. The third kappa shape index (κ3) is 5.94. The quantitative estimate of drug-likeness (QED) is 0.294. The second-order valence-corrected chi connectivity index (χ2v) is 8.69. The van der Waals surface area contributed by atoms with E-state index in [9.17, 15) is 27.9 Å². The van der Waals surface area contributed by atoms with Crippen LogP contribution in [0.15, 0.2) is 70.5 Å². The van der Waals surface area contributed by atoms with Gasteiger partial charge in [-0.05, 0) is 30.3 Å². The van der Waals surface area contributed by atoms with E-state index < -0.39 is 40.0 Å². The minimum absolute atomic E-state index is 0.00137. The van der Waals surface area contributed by atoms with Gasteiger partial charge >= 0.3 is 5.97 Å². The molecular weight excluding hydrogens is 452 g/mol. The van der Waals surface area contributed by atoms with E-state index in [1.165, 1.54) is 40.9 Å². The molecule has 174 valence electrons. The van der Waals surface area contributed by atoms with Gasteiger partial charge in [0, 0.05) is 23.7 Å². The van der Waals surface area contributed by atoms with Crippen molar-refractivity contribution in [1.82, 2.24) is 14.4 Å². The highest BCUT2D eigenvalue weighted by Crippen LogP contribution is 2.13. The number of benzene rings is 1. The Morgan fingerprint density at radius 1 is 1.12 bits per heavy atom. The second kappa shape index (κ2) is 10.3. The van der Waals surface area contributed by atoms with Gasteiger partial charge in [-0.1, -0.05) is 18.2 Å². The van der Waals surface area contributed by atoms with E-state index >= 15 is 0 Å². The Bertz CT molecular complexity index is 1320. The van der Waals surface area contributed by atoms with Crippen LogP contribution < -0.4 is 26.1 Å². The number of carbonyl (C=O) groups excluding carboxylic acids is 1. The summed E-state index contributed by atoms with van der Waals surface area (Å²) in [4.78, 5) is 36.4. The summed E-state index contributed by atoms with van der Waals surface area (Å²) in [5, 5.41) is 11.8. The summed E-state index contributed by atoms with van der Waals surface area (Å²) in [7, 11) is -4.11.